The summed E-state index contributed by atoms with van der Waals surface area (Å²) in [7, 11) is 0. The van der Waals surface area contributed by atoms with Gasteiger partial charge in [-0.3, -0.25) is 0 Å². The third-order valence-electron chi connectivity index (χ3n) is 1.88. The summed E-state index contributed by atoms with van der Waals surface area (Å²) < 4.78 is 38.5. The maximum absolute atomic E-state index is 13.1. The molecular formula is C9H5F3S2. The van der Waals surface area contributed by atoms with E-state index >= 15 is 0 Å². The molecule has 0 saturated heterocycles. The number of fused-ring (bicyclic) bond motifs is 1. The predicted molar refractivity (Wildman–Crippen MR) is 54.0 cm³/mol. The van der Waals surface area contributed by atoms with Crippen molar-refractivity contribution in [1.29, 1.82) is 0 Å². The zero-order valence-corrected chi connectivity index (χ0v) is 8.51. The first kappa shape index (κ1) is 9.86. The van der Waals surface area contributed by atoms with Gasteiger partial charge < -0.3 is 0 Å². The highest BCUT2D eigenvalue weighted by Crippen LogP contribution is 2.35. The normalized spacial score (nSPS) is 11.5. The van der Waals surface area contributed by atoms with Crippen molar-refractivity contribution in [2.75, 3.05) is 0 Å². The van der Waals surface area contributed by atoms with Crippen LogP contribution in [0.5, 0.6) is 0 Å². The minimum atomic E-state index is -2.59. The van der Waals surface area contributed by atoms with Gasteiger partial charge in [0.2, 0.25) is 0 Å². The van der Waals surface area contributed by atoms with Gasteiger partial charge in [0, 0.05) is 25.9 Å². The second-order valence-electron chi connectivity index (χ2n) is 2.80. The molecule has 0 saturated carbocycles. The molecule has 0 fully saturated rings. The fraction of sp³-hybridized carbons (Fsp3) is 0.111. The van der Waals surface area contributed by atoms with E-state index in [0.29, 0.717) is 9.60 Å². The largest absolute Gasteiger partial charge is 0.265 e. The van der Waals surface area contributed by atoms with Crippen LogP contribution >= 0.6 is 24.0 Å². The number of halogens is 3. The predicted octanol–water partition coefficient (Wildman–Crippen LogP) is 4.27. The van der Waals surface area contributed by atoms with Crippen molar-refractivity contribution < 1.29 is 13.2 Å². The van der Waals surface area contributed by atoms with Crippen LogP contribution in [0.3, 0.4) is 0 Å². The summed E-state index contributed by atoms with van der Waals surface area (Å²) in [6.45, 7) is 0. The number of benzene rings is 1. The van der Waals surface area contributed by atoms with E-state index < -0.39 is 12.2 Å². The summed E-state index contributed by atoms with van der Waals surface area (Å²) in [4.78, 5) is 0.352. The van der Waals surface area contributed by atoms with Crippen LogP contribution in [0, 0.1) is 5.82 Å². The lowest BCUT2D eigenvalue weighted by molar-refractivity contribution is 0.153. The summed E-state index contributed by atoms with van der Waals surface area (Å²) in [5.74, 6) is -0.470. The van der Waals surface area contributed by atoms with Crippen molar-refractivity contribution in [3.05, 3.63) is 28.9 Å². The molecule has 1 heterocycles. The van der Waals surface area contributed by atoms with Crippen LogP contribution in [0.1, 0.15) is 12.0 Å². The van der Waals surface area contributed by atoms with Gasteiger partial charge in [-0.15, -0.1) is 24.0 Å². The third-order valence-corrected chi connectivity index (χ3v) is 3.15. The molecular weight excluding hydrogens is 229 g/mol. The molecule has 0 radical (unpaired) electrons. The Hall–Kier alpha value is -0.680. The van der Waals surface area contributed by atoms with Crippen molar-refractivity contribution >= 4 is 34.1 Å². The molecule has 0 aliphatic carbocycles. The quantitative estimate of drug-likeness (QED) is 0.700. The molecule has 0 amide bonds. The Morgan fingerprint density at radius 3 is 2.64 bits per heavy atom. The topological polar surface area (TPSA) is 0 Å². The van der Waals surface area contributed by atoms with Crippen LogP contribution in [-0.4, -0.2) is 0 Å². The zero-order valence-electron chi connectivity index (χ0n) is 6.80. The lowest BCUT2D eigenvalue weighted by Crippen LogP contribution is -1.85. The molecule has 0 aliphatic rings. The molecule has 0 nitrogen and oxygen atoms in total. The van der Waals surface area contributed by atoms with E-state index in [9.17, 15) is 13.2 Å². The fourth-order valence-corrected chi connectivity index (χ4v) is 2.46. The molecule has 0 unspecified atom stereocenters. The first-order valence-electron chi connectivity index (χ1n) is 3.77. The fourth-order valence-electron chi connectivity index (χ4n) is 1.28. The highest BCUT2D eigenvalue weighted by atomic mass is 32.1. The van der Waals surface area contributed by atoms with Gasteiger partial charge >= 0.3 is 0 Å². The van der Waals surface area contributed by atoms with Gasteiger partial charge in [0.25, 0.3) is 6.43 Å². The molecule has 0 spiro atoms. The van der Waals surface area contributed by atoms with Gasteiger partial charge in [0.15, 0.2) is 0 Å². The van der Waals surface area contributed by atoms with Crippen LogP contribution < -0.4 is 0 Å². The Bertz CT molecular complexity index is 476. The van der Waals surface area contributed by atoms with E-state index in [1.165, 1.54) is 17.5 Å². The summed E-state index contributed by atoms with van der Waals surface area (Å²) in [5.41, 5.74) is -0.151. The number of hydrogen-bond acceptors (Lipinski definition) is 2. The van der Waals surface area contributed by atoms with Gasteiger partial charge in [-0.05, 0) is 12.1 Å². The molecule has 74 valence electrons. The maximum Gasteiger partial charge on any atom is 0.265 e. The SMILES string of the molecule is Fc1csc2c(C(F)F)cc(S)cc12. The number of alkyl halides is 2. The molecule has 2 aromatic rings. The van der Waals surface area contributed by atoms with Gasteiger partial charge in [0.1, 0.15) is 5.82 Å². The van der Waals surface area contributed by atoms with Crippen molar-refractivity contribution in [3.8, 4) is 0 Å². The van der Waals surface area contributed by atoms with E-state index in [0.717, 1.165) is 11.3 Å². The average Bonchev–Trinajstić information content (AvgIpc) is 2.47. The van der Waals surface area contributed by atoms with E-state index in [4.69, 9.17) is 0 Å². The molecule has 2 rings (SSSR count). The second-order valence-corrected chi connectivity index (χ2v) is 4.19. The monoisotopic (exact) mass is 234 g/mol. The average molecular weight is 234 g/mol. The minimum Gasteiger partial charge on any atom is -0.205 e. The Morgan fingerprint density at radius 2 is 2.00 bits per heavy atom. The van der Waals surface area contributed by atoms with Gasteiger partial charge in [0.05, 0.1) is 0 Å². The van der Waals surface area contributed by atoms with Crippen molar-refractivity contribution in [2.24, 2.45) is 0 Å². The molecule has 1 aromatic heterocycles. The standard InChI is InChI=1S/C9H5F3S2/c10-7-3-14-8-5(7)1-4(13)2-6(8)9(11)12/h1-3,9,13H. The molecule has 0 atom stereocenters. The number of thiol groups is 1. The Morgan fingerprint density at radius 1 is 1.29 bits per heavy atom. The lowest BCUT2D eigenvalue weighted by atomic mass is 10.1. The van der Waals surface area contributed by atoms with Gasteiger partial charge in [-0.25, -0.2) is 13.2 Å². The molecule has 0 aliphatic heterocycles. The Labute approximate surface area is 87.8 Å². The lowest BCUT2D eigenvalue weighted by Gasteiger charge is -2.02. The second kappa shape index (κ2) is 3.47. The summed E-state index contributed by atoms with van der Waals surface area (Å²) in [5, 5.41) is 1.45. The van der Waals surface area contributed by atoms with Crippen molar-refractivity contribution in [3.63, 3.8) is 0 Å². The number of thiophene rings is 1. The van der Waals surface area contributed by atoms with Crippen molar-refractivity contribution in [2.45, 2.75) is 11.3 Å². The first-order chi connectivity index (χ1) is 6.59. The zero-order chi connectivity index (χ0) is 10.3. The Kier molecular flexibility index (Phi) is 2.45. The molecule has 0 bridgehead atoms. The smallest absolute Gasteiger partial charge is 0.205 e. The molecule has 14 heavy (non-hydrogen) atoms. The molecule has 5 heteroatoms. The van der Waals surface area contributed by atoms with E-state index in [2.05, 4.69) is 12.6 Å². The number of rotatable bonds is 1. The van der Waals surface area contributed by atoms with E-state index in [1.807, 2.05) is 0 Å². The first-order valence-corrected chi connectivity index (χ1v) is 5.10. The number of hydrogen-bond donors (Lipinski definition) is 1. The summed E-state index contributed by atoms with van der Waals surface area (Å²) in [6, 6.07) is 2.72. The highest BCUT2D eigenvalue weighted by molar-refractivity contribution is 7.80. The van der Waals surface area contributed by atoms with Crippen LogP contribution in [-0.2, 0) is 0 Å². The van der Waals surface area contributed by atoms with E-state index in [1.54, 1.807) is 0 Å². The Balaban J connectivity index is 2.82. The molecule has 0 N–H and O–H groups in total. The van der Waals surface area contributed by atoms with Gasteiger partial charge in [-0.1, -0.05) is 0 Å². The highest BCUT2D eigenvalue weighted by Gasteiger charge is 2.15. The van der Waals surface area contributed by atoms with Crippen LogP contribution in [0.4, 0.5) is 13.2 Å². The minimum absolute atomic E-state index is 0.151. The van der Waals surface area contributed by atoms with E-state index in [-0.39, 0.29) is 10.9 Å². The van der Waals surface area contributed by atoms with Crippen molar-refractivity contribution in [1.82, 2.24) is 0 Å². The summed E-state index contributed by atoms with van der Waals surface area (Å²) >= 11 is 4.94. The third kappa shape index (κ3) is 1.50. The van der Waals surface area contributed by atoms with Crippen LogP contribution in [0.25, 0.3) is 10.1 Å². The van der Waals surface area contributed by atoms with Crippen LogP contribution in [0.15, 0.2) is 22.4 Å². The summed E-state index contributed by atoms with van der Waals surface area (Å²) in [6.07, 6.45) is -2.59. The molecule has 1 aromatic carbocycles. The maximum atomic E-state index is 13.1. The van der Waals surface area contributed by atoms with Crippen LogP contribution in [0.2, 0.25) is 0 Å². The van der Waals surface area contributed by atoms with Gasteiger partial charge in [-0.2, -0.15) is 0 Å².